The van der Waals surface area contributed by atoms with E-state index in [0.29, 0.717) is 47.7 Å². The highest BCUT2D eigenvalue weighted by Crippen LogP contribution is 2.50. The predicted molar refractivity (Wildman–Crippen MR) is 166 cm³/mol. The first kappa shape index (κ1) is 30.2. The standard InChI is InChI=1S/C34H32FN9O3/c35-24-7-3-18(4-8-24)28(39-17-30(45)44-25(16-36)13-23-14-29(23)44)15-34(33-40-42-43-41-33)26-9-5-21(31(37)46)11-19(26)1-2-20-12-22(32(38)47)6-10-27(20)34/h3-12,23,25,28-29,39H,1-2,13-15,17H2,(H2,37,46)(H2,38,47)(H,40,41,42,43)/t23-,25?,28-,29+/m1/s1. The fourth-order valence-corrected chi connectivity index (χ4v) is 7.59. The molecule has 1 aliphatic heterocycles. The second kappa shape index (κ2) is 11.7. The summed E-state index contributed by atoms with van der Waals surface area (Å²) in [6, 6.07) is 17.9. The molecule has 3 aliphatic rings. The molecule has 1 saturated carbocycles. The number of hydrogen-bond acceptors (Lipinski definition) is 8. The molecule has 4 aromatic rings. The number of amides is 3. The lowest BCUT2D eigenvalue weighted by Gasteiger charge is -2.37. The molecule has 4 atom stereocenters. The van der Waals surface area contributed by atoms with E-state index in [9.17, 15) is 24.0 Å². The van der Waals surface area contributed by atoms with Crippen LogP contribution in [0.3, 0.4) is 0 Å². The number of halogens is 1. The van der Waals surface area contributed by atoms with Gasteiger partial charge in [0.1, 0.15) is 11.9 Å². The number of hydrogen-bond donors (Lipinski definition) is 4. The Balaban J connectivity index is 1.38. The highest BCUT2D eigenvalue weighted by atomic mass is 19.1. The molecule has 2 heterocycles. The number of aryl methyl sites for hydroxylation is 2. The number of benzene rings is 3. The topological polar surface area (TPSA) is 197 Å². The average molecular weight is 634 g/mol. The summed E-state index contributed by atoms with van der Waals surface area (Å²) in [5, 5.41) is 28.6. The zero-order valence-corrected chi connectivity index (χ0v) is 25.3. The minimum Gasteiger partial charge on any atom is -0.366 e. The van der Waals surface area contributed by atoms with Gasteiger partial charge in [0.2, 0.25) is 17.7 Å². The zero-order valence-electron chi connectivity index (χ0n) is 25.3. The largest absolute Gasteiger partial charge is 0.366 e. The van der Waals surface area contributed by atoms with Gasteiger partial charge in [-0.05, 0) is 102 Å². The molecule has 7 rings (SSSR count). The molecule has 1 unspecified atom stereocenters. The SMILES string of the molecule is N#CC1C[C@@H]2C[C@@H]2N1C(=O)CN[C@H](CC1(c2nn[nH]n2)c2ccc(C(N)=O)cc2CCc2cc(C(N)=O)ccc21)c1ccc(F)cc1. The van der Waals surface area contributed by atoms with Gasteiger partial charge >= 0.3 is 0 Å². The number of primary amides is 2. The van der Waals surface area contributed by atoms with Gasteiger partial charge in [-0.15, -0.1) is 10.2 Å². The zero-order chi connectivity index (χ0) is 32.9. The van der Waals surface area contributed by atoms with Gasteiger partial charge in [-0.3, -0.25) is 14.4 Å². The van der Waals surface area contributed by atoms with E-state index in [2.05, 4.69) is 32.0 Å². The van der Waals surface area contributed by atoms with Crippen LogP contribution in [0, 0.1) is 23.1 Å². The first-order valence-corrected chi connectivity index (χ1v) is 15.5. The third-order valence-corrected chi connectivity index (χ3v) is 9.91. The molecule has 13 heteroatoms. The van der Waals surface area contributed by atoms with Gasteiger partial charge in [-0.1, -0.05) is 29.5 Å². The van der Waals surface area contributed by atoms with Gasteiger partial charge in [0.25, 0.3) is 0 Å². The maximum atomic E-state index is 14.2. The number of nitriles is 1. The second-order valence-corrected chi connectivity index (χ2v) is 12.5. The number of rotatable bonds is 9. The second-order valence-electron chi connectivity index (χ2n) is 12.5. The molecule has 1 aromatic heterocycles. The summed E-state index contributed by atoms with van der Waals surface area (Å²) in [5.41, 5.74) is 14.8. The lowest BCUT2D eigenvalue weighted by atomic mass is 9.67. The van der Waals surface area contributed by atoms with Gasteiger partial charge in [0, 0.05) is 23.2 Å². The maximum absolute atomic E-state index is 14.2. The Bertz CT molecular complexity index is 1860. The normalized spacial score (nSPS) is 21.0. The van der Waals surface area contributed by atoms with Crippen molar-refractivity contribution < 1.29 is 18.8 Å². The van der Waals surface area contributed by atoms with Gasteiger partial charge in [-0.2, -0.15) is 10.5 Å². The number of nitrogens with zero attached hydrogens (tertiary/aromatic N) is 5. The Kier molecular flexibility index (Phi) is 7.52. The van der Waals surface area contributed by atoms with Crippen LogP contribution in [0.5, 0.6) is 0 Å². The lowest BCUT2D eigenvalue weighted by molar-refractivity contribution is -0.131. The van der Waals surface area contributed by atoms with E-state index < -0.39 is 35.1 Å². The van der Waals surface area contributed by atoms with Crippen LogP contribution in [0.4, 0.5) is 4.39 Å². The van der Waals surface area contributed by atoms with Gasteiger partial charge in [0.15, 0.2) is 5.82 Å². The fourth-order valence-electron chi connectivity index (χ4n) is 7.59. The van der Waals surface area contributed by atoms with Crippen molar-refractivity contribution in [2.45, 2.75) is 55.6 Å². The van der Waals surface area contributed by atoms with Crippen molar-refractivity contribution in [2.24, 2.45) is 17.4 Å². The summed E-state index contributed by atoms with van der Waals surface area (Å²) in [7, 11) is 0. The number of piperidine rings is 1. The molecule has 2 fully saturated rings. The van der Waals surface area contributed by atoms with Crippen LogP contribution in [0.25, 0.3) is 0 Å². The molecule has 1 saturated heterocycles. The molecule has 238 valence electrons. The first-order chi connectivity index (χ1) is 22.7. The number of H-pyrrole nitrogens is 1. The van der Waals surface area contributed by atoms with Crippen LogP contribution in [-0.4, -0.2) is 61.9 Å². The minimum atomic E-state index is -1.14. The molecular weight excluding hydrogens is 601 g/mol. The number of carbonyl (C=O) groups excluding carboxylic acids is 3. The van der Waals surface area contributed by atoms with Crippen molar-refractivity contribution >= 4 is 17.7 Å². The number of aromatic amines is 1. The molecule has 0 spiro atoms. The predicted octanol–water partition coefficient (Wildman–Crippen LogP) is 2.20. The van der Waals surface area contributed by atoms with Crippen LogP contribution in [0.1, 0.15) is 79.7 Å². The smallest absolute Gasteiger partial charge is 0.248 e. The van der Waals surface area contributed by atoms with E-state index in [1.54, 1.807) is 41.3 Å². The van der Waals surface area contributed by atoms with E-state index in [4.69, 9.17) is 11.5 Å². The van der Waals surface area contributed by atoms with Crippen molar-refractivity contribution in [1.82, 2.24) is 30.8 Å². The van der Waals surface area contributed by atoms with Crippen molar-refractivity contribution in [1.29, 1.82) is 5.26 Å². The van der Waals surface area contributed by atoms with Gasteiger partial charge in [0.05, 0.1) is 18.0 Å². The summed E-state index contributed by atoms with van der Waals surface area (Å²) < 4.78 is 14.2. The summed E-state index contributed by atoms with van der Waals surface area (Å²) in [6.07, 6.45) is 2.83. The molecular formula is C34H32FN9O3. The lowest BCUT2D eigenvalue weighted by Crippen LogP contribution is -2.45. The molecule has 6 N–H and O–H groups in total. The van der Waals surface area contributed by atoms with E-state index in [-0.39, 0.29) is 24.9 Å². The van der Waals surface area contributed by atoms with Crippen LogP contribution >= 0.6 is 0 Å². The summed E-state index contributed by atoms with van der Waals surface area (Å²) in [5.74, 6) is -1.04. The van der Waals surface area contributed by atoms with E-state index in [0.717, 1.165) is 28.7 Å². The van der Waals surface area contributed by atoms with Crippen LogP contribution in [-0.2, 0) is 23.1 Å². The number of fused-ring (bicyclic) bond motifs is 3. The Morgan fingerprint density at radius 3 is 2.19 bits per heavy atom. The summed E-state index contributed by atoms with van der Waals surface area (Å²) >= 11 is 0. The van der Waals surface area contributed by atoms with E-state index in [1.165, 1.54) is 12.1 Å². The molecule has 0 bridgehead atoms. The number of aromatic nitrogens is 4. The molecule has 3 aromatic carbocycles. The number of nitrogens with two attached hydrogens (primary N) is 2. The van der Waals surface area contributed by atoms with Crippen LogP contribution in [0.15, 0.2) is 60.7 Å². The minimum absolute atomic E-state index is 0.0628. The maximum Gasteiger partial charge on any atom is 0.248 e. The highest BCUT2D eigenvalue weighted by Gasteiger charge is 2.54. The monoisotopic (exact) mass is 633 g/mol. The summed E-state index contributed by atoms with van der Waals surface area (Å²) in [6.45, 7) is -0.0628. The van der Waals surface area contributed by atoms with E-state index in [1.807, 2.05) is 12.1 Å². The molecule has 2 aliphatic carbocycles. The Morgan fingerprint density at radius 1 is 1.00 bits per heavy atom. The molecule has 0 radical (unpaired) electrons. The third kappa shape index (κ3) is 5.30. The number of tetrazole rings is 1. The fraction of sp³-hybridized carbons (Fsp3) is 0.324. The van der Waals surface area contributed by atoms with Crippen molar-refractivity contribution in [3.05, 3.63) is 111 Å². The molecule has 47 heavy (non-hydrogen) atoms. The van der Waals surface area contributed by atoms with Gasteiger partial charge in [-0.25, -0.2) is 4.39 Å². The molecule has 3 amide bonds. The van der Waals surface area contributed by atoms with Crippen molar-refractivity contribution in [3.8, 4) is 6.07 Å². The first-order valence-electron chi connectivity index (χ1n) is 15.5. The quantitative estimate of drug-likeness (QED) is 0.215. The number of carbonyl (C=O) groups is 3. The van der Waals surface area contributed by atoms with Crippen molar-refractivity contribution in [2.75, 3.05) is 6.54 Å². The summed E-state index contributed by atoms with van der Waals surface area (Å²) in [4.78, 5) is 39.8. The highest BCUT2D eigenvalue weighted by molar-refractivity contribution is 5.94. The third-order valence-electron chi connectivity index (χ3n) is 9.91. The van der Waals surface area contributed by atoms with Crippen LogP contribution < -0.4 is 16.8 Å². The number of nitrogens with one attached hydrogen (secondary N) is 2. The van der Waals surface area contributed by atoms with E-state index >= 15 is 0 Å². The van der Waals surface area contributed by atoms with Gasteiger partial charge < -0.3 is 21.7 Å². The Hall–Kier alpha value is -5.48. The van der Waals surface area contributed by atoms with Crippen molar-refractivity contribution in [3.63, 3.8) is 0 Å². The molecule has 12 nitrogen and oxygen atoms in total. The average Bonchev–Trinajstić information content (AvgIpc) is 3.45. The van der Waals surface area contributed by atoms with Crippen LogP contribution in [0.2, 0.25) is 0 Å². The number of likely N-dealkylation sites (tertiary alicyclic amines) is 1. The Labute approximate surface area is 269 Å². The Morgan fingerprint density at radius 2 is 1.64 bits per heavy atom.